The largest absolute Gasteiger partial charge is 0.326 e. The smallest absolute Gasteiger partial charge is 0.0652 e. The van der Waals surface area contributed by atoms with Gasteiger partial charge in [-0.2, -0.15) is 5.10 Å². The van der Waals surface area contributed by atoms with Gasteiger partial charge in [-0.05, 0) is 23.8 Å². The van der Waals surface area contributed by atoms with Crippen LogP contribution in [-0.4, -0.2) is 9.78 Å². The van der Waals surface area contributed by atoms with E-state index in [-0.39, 0.29) is 5.41 Å². The van der Waals surface area contributed by atoms with E-state index >= 15 is 0 Å². The zero-order chi connectivity index (χ0) is 12.5. The van der Waals surface area contributed by atoms with Crippen molar-refractivity contribution in [1.29, 1.82) is 0 Å². The average molecular weight is 229 g/mol. The molecule has 2 aromatic rings. The van der Waals surface area contributed by atoms with Crippen LogP contribution in [0.2, 0.25) is 0 Å². The Labute approximate surface area is 102 Å². The Bertz CT molecular complexity index is 506. The normalized spacial score (nSPS) is 11.8. The highest BCUT2D eigenvalue weighted by Crippen LogP contribution is 2.24. The summed E-state index contributed by atoms with van der Waals surface area (Å²) in [4.78, 5) is 0. The van der Waals surface area contributed by atoms with Gasteiger partial charge in [-0.1, -0.05) is 32.9 Å². The summed E-state index contributed by atoms with van der Waals surface area (Å²) in [5.41, 5.74) is 9.14. The molecular formula is C14H19N3. The van der Waals surface area contributed by atoms with Gasteiger partial charge in [-0.3, -0.25) is 0 Å². The number of hydrogen-bond acceptors (Lipinski definition) is 2. The van der Waals surface area contributed by atoms with Gasteiger partial charge < -0.3 is 5.73 Å². The lowest BCUT2D eigenvalue weighted by Crippen LogP contribution is -2.17. The minimum absolute atomic E-state index is 0.0786. The molecule has 0 unspecified atom stereocenters. The quantitative estimate of drug-likeness (QED) is 0.860. The molecule has 3 nitrogen and oxygen atoms in total. The summed E-state index contributed by atoms with van der Waals surface area (Å²) in [6.07, 6.45) is 1.84. The molecule has 0 aliphatic carbocycles. The van der Waals surface area contributed by atoms with Crippen LogP contribution in [0.3, 0.4) is 0 Å². The van der Waals surface area contributed by atoms with E-state index in [0.29, 0.717) is 6.54 Å². The molecule has 1 heterocycles. The molecule has 0 radical (unpaired) electrons. The molecule has 90 valence electrons. The Morgan fingerprint density at radius 3 is 2.65 bits per heavy atom. The number of hydrogen-bond donors (Lipinski definition) is 1. The van der Waals surface area contributed by atoms with Crippen molar-refractivity contribution in [2.45, 2.75) is 32.7 Å². The molecule has 0 aliphatic heterocycles. The van der Waals surface area contributed by atoms with Crippen LogP contribution in [0.1, 0.15) is 32.0 Å². The van der Waals surface area contributed by atoms with Gasteiger partial charge in [0.15, 0.2) is 0 Å². The number of benzene rings is 1. The topological polar surface area (TPSA) is 43.8 Å². The second-order valence-corrected chi connectivity index (χ2v) is 5.25. The van der Waals surface area contributed by atoms with Crippen molar-refractivity contribution in [3.63, 3.8) is 0 Å². The predicted octanol–water partition coefficient (Wildman–Crippen LogP) is 2.63. The summed E-state index contributed by atoms with van der Waals surface area (Å²) in [7, 11) is 0. The highest BCUT2D eigenvalue weighted by Gasteiger charge is 2.19. The Morgan fingerprint density at radius 2 is 2.00 bits per heavy atom. The molecule has 0 saturated carbocycles. The van der Waals surface area contributed by atoms with Crippen LogP contribution in [0.4, 0.5) is 0 Å². The van der Waals surface area contributed by atoms with E-state index in [1.807, 2.05) is 23.0 Å². The Morgan fingerprint density at radius 1 is 1.24 bits per heavy atom. The van der Waals surface area contributed by atoms with E-state index in [9.17, 15) is 0 Å². The van der Waals surface area contributed by atoms with Crippen LogP contribution < -0.4 is 5.73 Å². The summed E-state index contributed by atoms with van der Waals surface area (Å²) in [5, 5.41) is 4.40. The third-order valence-corrected chi connectivity index (χ3v) is 2.80. The van der Waals surface area contributed by atoms with Crippen molar-refractivity contribution in [2.24, 2.45) is 5.73 Å². The first-order valence-corrected chi connectivity index (χ1v) is 5.86. The number of rotatable bonds is 2. The van der Waals surface area contributed by atoms with Gasteiger partial charge in [0.1, 0.15) is 0 Å². The fourth-order valence-electron chi connectivity index (χ4n) is 1.89. The van der Waals surface area contributed by atoms with Gasteiger partial charge in [0, 0.05) is 23.9 Å². The zero-order valence-corrected chi connectivity index (χ0v) is 10.6. The highest BCUT2D eigenvalue weighted by molar-refractivity contribution is 5.37. The highest BCUT2D eigenvalue weighted by atomic mass is 15.3. The van der Waals surface area contributed by atoms with Crippen molar-refractivity contribution in [2.75, 3.05) is 0 Å². The Balaban J connectivity index is 2.50. The van der Waals surface area contributed by atoms with E-state index in [4.69, 9.17) is 5.73 Å². The molecule has 0 amide bonds. The molecule has 0 saturated heterocycles. The SMILES string of the molecule is CC(C)(C)c1ccnn1-c1cccc(CN)c1. The second kappa shape index (κ2) is 4.34. The molecular weight excluding hydrogens is 210 g/mol. The van der Waals surface area contributed by atoms with Crippen LogP contribution >= 0.6 is 0 Å². The minimum atomic E-state index is 0.0786. The van der Waals surface area contributed by atoms with E-state index in [2.05, 4.69) is 44.1 Å². The van der Waals surface area contributed by atoms with Crippen molar-refractivity contribution in [3.8, 4) is 5.69 Å². The molecule has 2 N–H and O–H groups in total. The predicted molar refractivity (Wildman–Crippen MR) is 70.2 cm³/mol. The Hall–Kier alpha value is -1.61. The van der Waals surface area contributed by atoms with Crippen molar-refractivity contribution < 1.29 is 0 Å². The average Bonchev–Trinajstić information content (AvgIpc) is 2.77. The molecule has 1 aromatic carbocycles. The van der Waals surface area contributed by atoms with Crippen LogP contribution in [0.25, 0.3) is 5.69 Å². The molecule has 0 atom stereocenters. The van der Waals surface area contributed by atoms with Gasteiger partial charge in [0.05, 0.1) is 5.69 Å². The number of aromatic nitrogens is 2. The summed E-state index contributed by atoms with van der Waals surface area (Å²) < 4.78 is 1.99. The van der Waals surface area contributed by atoms with Gasteiger partial charge in [0.2, 0.25) is 0 Å². The molecule has 17 heavy (non-hydrogen) atoms. The van der Waals surface area contributed by atoms with E-state index in [1.54, 1.807) is 0 Å². The molecule has 0 bridgehead atoms. The maximum atomic E-state index is 5.67. The number of nitrogens with two attached hydrogens (primary N) is 1. The monoisotopic (exact) mass is 229 g/mol. The second-order valence-electron chi connectivity index (χ2n) is 5.25. The van der Waals surface area contributed by atoms with Crippen LogP contribution in [-0.2, 0) is 12.0 Å². The molecule has 2 rings (SSSR count). The first kappa shape index (κ1) is 11.9. The lowest BCUT2D eigenvalue weighted by Gasteiger charge is -2.20. The minimum Gasteiger partial charge on any atom is -0.326 e. The molecule has 0 aliphatic rings. The van der Waals surface area contributed by atoms with Crippen LogP contribution in [0.5, 0.6) is 0 Å². The molecule has 0 spiro atoms. The fourth-order valence-corrected chi connectivity index (χ4v) is 1.89. The molecule has 3 heteroatoms. The van der Waals surface area contributed by atoms with Gasteiger partial charge >= 0.3 is 0 Å². The number of nitrogens with zero attached hydrogens (tertiary/aromatic N) is 2. The fraction of sp³-hybridized carbons (Fsp3) is 0.357. The summed E-state index contributed by atoms with van der Waals surface area (Å²) in [6, 6.07) is 10.3. The summed E-state index contributed by atoms with van der Waals surface area (Å²) in [6.45, 7) is 7.12. The van der Waals surface area contributed by atoms with Crippen LogP contribution in [0, 0.1) is 0 Å². The van der Waals surface area contributed by atoms with Crippen molar-refractivity contribution in [3.05, 3.63) is 47.8 Å². The van der Waals surface area contributed by atoms with Gasteiger partial charge in [-0.15, -0.1) is 0 Å². The van der Waals surface area contributed by atoms with Gasteiger partial charge in [-0.25, -0.2) is 4.68 Å². The summed E-state index contributed by atoms with van der Waals surface area (Å²) >= 11 is 0. The third kappa shape index (κ3) is 2.39. The lowest BCUT2D eigenvalue weighted by molar-refractivity contribution is 0.543. The van der Waals surface area contributed by atoms with E-state index in [1.165, 1.54) is 5.69 Å². The first-order chi connectivity index (χ1) is 8.02. The zero-order valence-electron chi connectivity index (χ0n) is 10.6. The maximum Gasteiger partial charge on any atom is 0.0652 e. The molecule has 1 aromatic heterocycles. The van der Waals surface area contributed by atoms with Crippen molar-refractivity contribution in [1.82, 2.24) is 9.78 Å². The van der Waals surface area contributed by atoms with Gasteiger partial charge in [0.25, 0.3) is 0 Å². The summed E-state index contributed by atoms with van der Waals surface area (Å²) in [5.74, 6) is 0. The molecule has 0 fully saturated rings. The lowest BCUT2D eigenvalue weighted by atomic mass is 9.92. The van der Waals surface area contributed by atoms with Crippen molar-refractivity contribution >= 4 is 0 Å². The maximum absolute atomic E-state index is 5.67. The van der Waals surface area contributed by atoms with E-state index < -0.39 is 0 Å². The third-order valence-electron chi connectivity index (χ3n) is 2.80. The first-order valence-electron chi connectivity index (χ1n) is 5.86. The Kier molecular flexibility index (Phi) is 3.03. The van der Waals surface area contributed by atoms with E-state index in [0.717, 1.165) is 11.3 Å². The van der Waals surface area contributed by atoms with Crippen LogP contribution in [0.15, 0.2) is 36.5 Å². The standard InChI is InChI=1S/C14H19N3/c1-14(2,3)13-7-8-16-17(13)12-6-4-5-11(9-12)10-15/h4-9H,10,15H2,1-3H3.